The number of aryl methyl sites for hydroxylation is 4. The molecule has 6 aliphatic rings. The van der Waals surface area contributed by atoms with Gasteiger partial charge in [-0.05, 0) is 169 Å². The summed E-state index contributed by atoms with van der Waals surface area (Å²) < 4.78 is 25.3. The van der Waals surface area contributed by atoms with E-state index in [1.165, 1.54) is 109 Å². The highest BCUT2D eigenvalue weighted by atomic mass is 32.2. The van der Waals surface area contributed by atoms with Crippen LogP contribution < -0.4 is 0 Å². The Labute approximate surface area is 308 Å². The first-order chi connectivity index (χ1) is 25.5. The van der Waals surface area contributed by atoms with E-state index >= 15 is 0 Å². The Kier molecular flexibility index (Phi) is 9.12. The fraction of sp³-hybridized carbons (Fsp3) is 0.400. The zero-order chi connectivity index (χ0) is 35.1. The minimum absolute atomic E-state index is 0.102. The standard InChI is InChI=1S/C20H20N4O2S.C20H20N4S/c25-27(26,19-8-3-9-22-24-19)20-21-12-15(23-20)11-18-16-6-1-4-13(16)10-14-5-2-7-17(14)18;1-4-13-10-14-5-2-7-17(14)18(16(13)6-1)11-15-12-21-20(23-15)25-19-8-3-9-22-24-19/h3,8-10H,1-2,4-7,11-12H2;3,8-10H,1-2,4-7,11-12H2. The van der Waals surface area contributed by atoms with Crippen molar-refractivity contribution in [3.05, 3.63) is 104 Å². The van der Waals surface area contributed by atoms with Gasteiger partial charge in [-0.25, -0.2) is 18.4 Å². The lowest BCUT2D eigenvalue weighted by Crippen LogP contribution is -2.14. The number of aromatic nitrogens is 4. The molecule has 2 aromatic carbocycles. The van der Waals surface area contributed by atoms with E-state index in [1.807, 2.05) is 12.1 Å². The van der Waals surface area contributed by atoms with Gasteiger partial charge >= 0.3 is 0 Å². The van der Waals surface area contributed by atoms with Crippen molar-refractivity contribution in [2.45, 2.75) is 99.9 Å². The van der Waals surface area contributed by atoms with E-state index in [4.69, 9.17) is 4.99 Å². The SMILES string of the molecule is O=S(=O)(C1=NCC(Cc2c3c(cc4c2CCC4)CCC3)=N1)c1cccnn1.c1cnnc(SC2=NCC(Cc3c4c(cc5c3CCC5)CCC4)=N2)c1. The Bertz CT molecular complexity index is 2240. The zero-order valence-electron chi connectivity index (χ0n) is 29.1. The van der Waals surface area contributed by atoms with E-state index in [0.29, 0.717) is 13.0 Å². The third-order valence-corrected chi connectivity index (χ3v) is 13.4. The minimum atomic E-state index is -3.80. The van der Waals surface area contributed by atoms with Crippen LogP contribution in [0, 0.1) is 0 Å². The quantitative estimate of drug-likeness (QED) is 0.242. The zero-order valence-corrected chi connectivity index (χ0v) is 30.8. The highest BCUT2D eigenvalue weighted by molar-refractivity contribution is 8.13. The fourth-order valence-electron chi connectivity index (χ4n) is 8.78. The maximum absolute atomic E-state index is 12.7. The molecule has 2 aliphatic heterocycles. The summed E-state index contributed by atoms with van der Waals surface area (Å²) in [6.07, 6.45) is 19.4. The van der Waals surface area contributed by atoms with Crippen LogP contribution in [0.5, 0.6) is 0 Å². The van der Waals surface area contributed by atoms with E-state index < -0.39 is 9.84 Å². The number of aliphatic imine (C=N–C) groups is 4. The number of nitrogens with zero attached hydrogens (tertiary/aromatic N) is 8. The first-order valence-electron chi connectivity index (χ1n) is 18.5. The minimum Gasteiger partial charge on any atom is -0.254 e. The van der Waals surface area contributed by atoms with Gasteiger partial charge in [0.05, 0.1) is 13.1 Å². The van der Waals surface area contributed by atoms with Crippen LogP contribution in [0.3, 0.4) is 0 Å². The number of amidine groups is 2. The number of fused-ring (bicyclic) bond motifs is 4. The Morgan fingerprint density at radius 1 is 0.596 bits per heavy atom. The summed E-state index contributed by atoms with van der Waals surface area (Å²) in [5.74, 6) is 0. The van der Waals surface area contributed by atoms with E-state index in [2.05, 4.69) is 47.5 Å². The average Bonchev–Trinajstić information content (AvgIpc) is 4.01. The highest BCUT2D eigenvalue weighted by Crippen LogP contribution is 2.37. The number of hydrogen-bond donors (Lipinski definition) is 0. The first kappa shape index (κ1) is 33.4. The Balaban J connectivity index is 0.000000139. The van der Waals surface area contributed by atoms with Gasteiger partial charge in [0.2, 0.25) is 5.17 Å². The second-order valence-corrected chi connectivity index (χ2v) is 17.1. The Morgan fingerprint density at radius 3 is 1.63 bits per heavy atom. The van der Waals surface area contributed by atoms with Gasteiger partial charge in [-0.3, -0.25) is 9.98 Å². The number of sulfone groups is 1. The average molecular weight is 729 g/mol. The van der Waals surface area contributed by atoms with E-state index in [9.17, 15) is 8.42 Å². The molecule has 0 saturated carbocycles. The van der Waals surface area contributed by atoms with Crippen molar-refractivity contribution in [3.8, 4) is 0 Å². The van der Waals surface area contributed by atoms with Crippen LogP contribution in [0.1, 0.15) is 81.3 Å². The Morgan fingerprint density at radius 2 is 1.12 bits per heavy atom. The second-order valence-electron chi connectivity index (χ2n) is 14.3. The summed E-state index contributed by atoms with van der Waals surface area (Å²) in [4.78, 5) is 18.0. The summed E-state index contributed by atoms with van der Waals surface area (Å²) >= 11 is 1.51. The molecule has 4 aromatic rings. The number of benzene rings is 2. The van der Waals surface area contributed by atoms with E-state index in [1.54, 1.807) is 40.1 Å². The van der Waals surface area contributed by atoms with Crippen LogP contribution >= 0.6 is 11.8 Å². The van der Waals surface area contributed by atoms with Crippen molar-refractivity contribution in [2.75, 3.05) is 13.1 Å². The molecule has 0 radical (unpaired) electrons. The van der Waals surface area contributed by atoms with Crippen molar-refractivity contribution < 1.29 is 8.42 Å². The molecule has 4 aliphatic carbocycles. The summed E-state index contributed by atoms with van der Waals surface area (Å²) in [6, 6.07) is 11.7. The largest absolute Gasteiger partial charge is 0.260 e. The molecule has 10 nitrogen and oxygen atoms in total. The second kappa shape index (κ2) is 14.2. The van der Waals surface area contributed by atoms with Crippen molar-refractivity contribution in [3.63, 3.8) is 0 Å². The molecular formula is C40H40N8O2S2. The molecule has 0 fully saturated rings. The molecule has 0 atom stereocenters. The molecule has 10 rings (SSSR count). The smallest absolute Gasteiger partial charge is 0.254 e. The molecule has 0 N–H and O–H groups in total. The van der Waals surface area contributed by atoms with Crippen LogP contribution in [0.2, 0.25) is 0 Å². The van der Waals surface area contributed by atoms with Crippen molar-refractivity contribution in [1.82, 2.24) is 20.4 Å². The van der Waals surface area contributed by atoms with Gasteiger partial charge in [0, 0.05) is 36.7 Å². The van der Waals surface area contributed by atoms with Gasteiger partial charge in [0.15, 0.2) is 10.2 Å². The number of thioether (sulfide) groups is 1. The van der Waals surface area contributed by atoms with Crippen LogP contribution in [0.4, 0.5) is 0 Å². The van der Waals surface area contributed by atoms with Crippen molar-refractivity contribution in [2.24, 2.45) is 20.0 Å². The first-order valence-corrected chi connectivity index (χ1v) is 20.8. The maximum atomic E-state index is 12.7. The molecule has 12 heteroatoms. The molecule has 264 valence electrons. The molecule has 0 unspecified atom stereocenters. The van der Waals surface area contributed by atoms with E-state index in [-0.39, 0.29) is 10.2 Å². The van der Waals surface area contributed by atoms with Gasteiger partial charge in [0.1, 0.15) is 5.03 Å². The molecule has 0 bridgehead atoms. The summed E-state index contributed by atoms with van der Waals surface area (Å²) in [5.41, 5.74) is 17.4. The summed E-state index contributed by atoms with van der Waals surface area (Å²) in [6.45, 7) is 1.06. The van der Waals surface area contributed by atoms with Crippen LogP contribution in [0.15, 0.2) is 78.8 Å². The van der Waals surface area contributed by atoms with Crippen molar-refractivity contribution in [1.29, 1.82) is 0 Å². The molecule has 0 amide bonds. The van der Waals surface area contributed by atoms with Gasteiger partial charge in [-0.2, -0.15) is 10.2 Å². The number of rotatable bonds is 6. The normalized spacial score (nSPS) is 18.2. The van der Waals surface area contributed by atoms with Gasteiger partial charge in [-0.1, -0.05) is 12.1 Å². The van der Waals surface area contributed by atoms with Crippen molar-refractivity contribution >= 4 is 43.4 Å². The molecule has 52 heavy (non-hydrogen) atoms. The molecule has 2 aromatic heterocycles. The lowest BCUT2D eigenvalue weighted by Gasteiger charge is -2.15. The predicted octanol–water partition coefficient (Wildman–Crippen LogP) is 5.88. The summed E-state index contributed by atoms with van der Waals surface area (Å²) in [5, 5.41) is 16.8. The molecule has 0 saturated heterocycles. The predicted molar refractivity (Wildman–Crippen MR) is 205 cm³/mol. The van der Waals surface area contributed by atoms with Crippen LogP contribution in [-0.2, 0) is 74.0 Å². The fourth-order valence-corrected chi connectivity index (χ4v) is 10.6. The number of hydrogen-bond acceptors (Lipinski definition) is 11. The lowest BCUT2D eigenvalue weighted by molar-refractivity contribution is 0.601. The molecule has 0 spiro atoms. The lowest BCUT2D eigenvalue weighted by atomic mass is 9.91. The topological polar surface area (TPSA) is 135 Å². The highest BCUT2D eigenvalue weighted by Gasteiger charge is 2.30. The third kappa shape index (κ3) is 6.55. The molecule has 4 heterocycles. The van der Waals surface area contributed by atoms with Gasteiger partial charge in [0.25, 0.3) is 9.84 Å². The maximum Gasteiger partial charge on any atom is 0.260 e. The van der Waals surface area contributed by atoms with Crippen LogP contribution in [0.25, 0.3) is 0 Å². The summed E-state index contributed by atoms with van der Waals surface area (Å²) in [7, 11) is -3.80. The van der Waals surface area contributed by atoms with Crippen LogP contribution in [-0.4, -0.2) is 63.7 Å². The molecular weight excluding hydrogens is 689 g/mol. The van der Waals surface area contributed by atoms with Gasteiger partial charge in [-0.15, -0.1) is 10.2 Å². The van der Waals surface area contributed by atoms with Gasteiger partial charge < -0.3 is 0 Å². The Hall–Kier alpha value is -4.42. The third-order valence-electron chi connectivity index (χ3n) is 11.1. The monoisotopic (exact) mass is 728 g/mol. The van der Waals surface area contributed by atoms with E-state index in [0.717, 1.165) is 54.6 Å².